The van der Waals surface area contributed by atoms with Gasteiger partial charge in [0.2, 0.25) is 0 Å². The molecule has 1 heterocycles. The molecule has 1 aromatic rings. The number of rotatable bonds is 4. The number of hydrogen-bond acceptors (Lipinski definition) is 2. The number of thiophene rings is 1. The van der Waals surface area contributed by atoms with Gasteiger partial charge in [0.1, 0.15) is 0 Å². The second-order valence-electron chi connectivity index (χ2n) is 6.17. The molecule has 0 aliphatic heterocycles. The van der Waals surface area contributed by atoms with Gasteiger partial charge in [-0.15, -0.1) is 11.3 Å². The van der Waals surface area contributed by atoms with Gasteiger partial charge in [-0.05, 0) is 39.9 Å². The van der Waals surface area contributed by atoms with E-state index in [4.69, 9.17) is 0 Å². The average molecular weight is 316 g/mol. The van der Waals surface area contributed by atoms with Gasteiger partial charge in [0.25, 0.3) is 0 Å². The molecule has 0 aromatic carbocycles. The van der Waals surface area contributed by atoms with Crippen molar-refractivity contribution in [3.8, 4) is 0 Å². The lowest BCUT2D eigenvalue weighted by Gasteiger charge is -2.12. The molecule has 0 saturated heterocycles. The summed E-state index contributed by atoms with van der Waals surface area (Å²) in [6, 6.07) is 2.87. The van der Waals surface area contributed by atoms with E-state index in [1.807, 2.05) is 11.3 Å². The number of hydrogen-bond donors (Lipinski definition) is 1. The van der Waals surface area contributed by atoms with Crippen LogP contribution < -0.4 is 5.32 Å². The van der Waals surface area contributed by atoms with E-state index in [0.29, 0.717) is 16.9 Å². The van der Waals surface area contributed by atoms with Gasteiger partial charge < -0.3 is 5.32 Å². The summed E-state index contributed by atoms with van der Waals surface area (Å²) in [6.45, 7) is 12.8. The van der Waals surface area contributed by atoms with Crippen molar-refractivity contribution < 1.29 is 0 Å². The van der Waals surface area contributed by atoms with Gasteiger partial charge >= 0.3 is 0 Å². The second kappa shape index (κ2) is 4.36. The van der Waals surface area contributed by atoms with Gasteiger partial charge in [0, 0.05) is 26.2 Å². The lowest BCUT2D eigenvalue weighted by Crippen LogP contribution is -2.26. The first kappa shape index (κ1) is 13.6. The molecule has 1 N–H and O–H groups in total. The van der Waals surface area contributed by atoms with Crippen LogP contribution in [0, 0.1) is 11.3 Å². The normalized spacial score (nSPS) is 30.9. The Hall–Kier alpha value is 0.140. The van der Waals surface area contributed by atoms with Crippen LogP contribution in [0.3, 0.4) is 0 Å². The third-order valence-corrected chi connectivity index (χ3v) is 6.56. The van der Waals surface area contributed by atoms with Crippen LogP contribution in [0.4, 0.5) is 0 Å². The minimum Gasteiger partial charge on any atom is -0.314 e. The van der Waals surface area contributed by atoms with E-state index in [1.54, 1.807) is 0 Å². The smallest absolute Gasteiger partial charge is 0.0285 e. The van der Waals surface area contributed by atoms with E-state index in [9.17, 15) is 0 Å². The summed E-state index contributed by atoms with van der Waals surface area (Å²) in [5.74, 6) is 0.739. The van der Waals surface area contributed by atoms with E-state index < -0.39 is 0 Å². The molecule has 1 aromatic heterocycles. The SMILES string of the molecule is CC(C)NCC1C(C)(C)C1(C)c1cc(Br)cs1. The van der Waals surface area contributed by atoms with Crippen molar-refractivity contribution >= 4 is 27.3 Å². The van der Waals surface area contributed by atoms with Crippen molar-refractivity contribution in [2.24, 2.45) is 11.3 Å². The molecule has 96 valence electrons. The van der Waals surface area contributed by atoms with Gasteiger partial charge in [0.05, 0.1) is 0 Å². The van der Waals surface area contributed by atoms with Crippen LogP contribution in [-0.4, -0.2) is 12.6 Å². The lowest BCUT2D eigenvalue weighted by molar-refractivity contribution is 0.489. The van der Waals surface area contributed by atoms with Crippen molar-refractivity contribution in [1.29, 1.82) is 0 Å². The Balaban J connectivity index is 2.15. The molecule has 0 spiro atoms. The van der Waals surface area contributed by atoms with Crippen LogP contribution in [-0.2, 0) is 5.41 Å². The van der Waals surface area contributed by atoms with Crippen molar-refractivity contribution in [2.75, 3.05) is 6.54 Å². The average Bonchev–Trinajstić information content (AvgIpc) is 2.57. The molecule has 17 heavy (non-hydrogen) atoms. The maximum Gasteiger partial charge on any atom is 0.0285 e. The van der Waals surface area contributed by atoms with E-state index in [0.717, 1.165) is 12.5 Å². The number of halogens is 1. The fourth-order valence-electron chi connectivity index (χ4n) is 2.99. The summed E-state index contributed by atoms with van der Waals surface area (Å²) in [5.41, 5.74) is 0.741. The molecule has 2 atom stereocenters. The standard InChI is InChI=1S/C14H22BrNS/c1-9(2)16-7-11-13(3,4)14(11,5)12-6-10(15)8-17-12/h6,8-9,11,16H,7H2,1-5H3. The molecular formula is C14H22BrNS. The molecule has 0 radical (unpaired) electrons. The van der Waals surface area contributed by atoms with Crippen molar-refractivity contribution in [3.63, 3.8) is 0 Å². The van der Waals surface area contributed by atoms with Gasteiger partial charge in [-0.3, -0.25) is 0 Å². The van der Waals surface area contributed by atoms with E-state index in [1.165, 1.54) is 9.35 Å². The van der Waals surface area contributed by atoms with Crippen LogP contribution in [0.1, 0.15) is 39.5 Å². The van der Waals surface area contributed by atoms with Crippen molar-refractivity contribution in [2.45, 2.75) is 46.1 Å². The highest BCUT2D eigenvalue weighted by molar-refractivity contribution is 9.10. The first-order valence-corrected chi connectivity index (χ1v) is 7.95. The summed E-state index contributed by atoms with van der Waals surface area (Å²) in [4.78, 5) is 1.52. The second-order valence-corrected chi connectivity index (χ2v) is 8.00. The molecule has 1 nitrogen and oxygen atoms in total. The largest absolute Gasteiger partial charge is 0.314 e. The fourth-order valence-corrected chi connectivity index (χ4v) is 4.80. The Kier molecular flexibility index (Phi) is 3.48. The summed E-state index contributed by atoms with van der Waals surface area (Å²) in [6.07, 6.45) is 0. The highest BCUT2D eigenvalue weighted by atomic mass is 79.9. The first-order valence-electron chi connectivity index (χ1n) is 6.28. The zero-order valence-electron chi connectivity index (χ0n) is 11.3. The predicted molar refractivity (Wildman–Crippen MR) is 79.8 cm³/mol. The third kappa shape index (κ3) is 2.11. The topological polar surface area (TPSA) is 12.0 Å². The summed E-state index contributed by atoms with van der Waals surface area (Å²) in [7, 11) is 0. The summed E-state index contributed by atoms with van der Waals surface area (Å²) in [5, 5.41) is 5.78. The van der Waals surface area contributed by atoms with Crippen LogP contribution in [0.25, 0.3) is 0 Å². The fraction of sp³-hybridized carbons (Fsp3) is 0.714. The molecule has 3 heteroatoms. The Bertz CT molecular complexity index is 410. The van der Waals surface area contributed by atoms with E-state index in [-0.39, 0.29) is 0 Å². The zero-order chi connectivity index (χ0) is 12.8. The quantitative estimate of drug-likeness (QED) is 0.867. The predicted octanol–water partition coefficient (Wildman–Crippen LogP) is 4.42. The van der Waals surface area contributed by atoms with Crippen LogP contribution in [0.15, 0.2) is 15.9 Å². The minimum atomic E-state index is 0.339. The Morgan fingerprint density at radius 2 is 2.06 bits per heavy atom. The van der Waals surface area contributed by atoms with Crippen molar-refractivity contribution in [1.82, 2.24) is 5.32 Å². The molecule has 1 aliphatic carbocycles. The monoisotopic (exact) mass is 315 g/mol. The maximum absolute atomic E-state index is 3.59. The zero-order valence-corrected chi connectivity index (χ0v) is 13.7. The number of nitrogens with one attached hydrogen (secondary N) is 1. The highest BCUT2D eigenvalue weighted by Crippen LogP contribution is 2.69. The highest BCUT2D eigenvalue weighted by Gasteiger charge is 2.68. The minimum absolute atomic E-state index is 0.339. The van der Waals surface area contributed by atoms with Gasteiger partial charge in [-0.25, -0.2) is 0 Å². The van der Waals surface area contributed by atoms with Crippen LogP contribution in [0.5, 0.6) is 0 Å². The molecule has 1 aliphatic rings. The van der Waals surface area contributed by atoms with Gasteiger partial charge in [-0.2, -0.15) is 0 Å². The molecule has 2 rings (SSSR count). The van der Waals surface area contributed by atoms with Crippen LogP contribution >= 0.6 is 27.3 Å². The Labute approximate surface area is 117 Å². The van der Waals surface area contributed by atoms with Crippen molar-refractivity contribution in [3.05, 3.63) is 20.8 Å². The van der Waals surface area contributed by atoms with Crippen LogP contribution in [0.2, 0.25) is 0 Å². The van der Waals surface area contributed by atoms with E-state index >= 15 is 0 Å². The maximum atomic E-state index is 3.59. The summed E-state index contributed by atoms with van der Waals surface area (Å²) < 4.78 is 1.22. The van der Waals surface area contributed by atoms with E-state index in [2.05, 4.69) is 67.3 Å². The van der Waals surface area contributed by atoms with Gasteiger partial charge in [0.15, 0.2) is 0 Å². The molecular weight excluding hydrogens is 294 g/mol. The lowest BCUT2D eigenvalue weighted by atomic mass is 9.96. The molecule has 0 bridgehead atoms. The third-order valence-electron chi connectivity index (χ3n) is 4.63. The molecule has 1 saturated carbocycles. The van der Waals surface area contributed by atoms with Gasteiger partial charge in [-0.1, -0.05) is 34.6 Å². The molecule has 1 fully saturated rings. The molecule has 2 unspecified atom stereocenters. The summed E-state index contributed by atoms with van der Waals surface area (Å²) >= 11 is 5.45. The Morgan fingerprint density at radius 3 is 2.53 bits per heavy atom. The first-order chi connectivity index (χ1) is 7.80. The Morgan fingerprint density at radius 1 is 1.41 bits per heavy atom. The molecule has 0 amide bonds.